The molecule has 2 N–H and O–H groups in total. The van der Waals surface area contributed by atoms with Crippen molar-refractivity contribution in [3.05, 3.63) is 45.2 Å². The topological polar surface area (TPSA) is 72.9 Å². The number of nitrogens with one attached hydrogen (secondary N) is 2. The normalized spacial score (nSPS) is 18.4. The Morgan fingerprint density at radius 1 is 1.39 bits per heavy atom. The van der Waals surface area contributed by atoms with Crippen LogP contribution in [-0.2, 0) is 17.8 Å². The van der Waals surface area contributed by atoms with E-state index in [1.165, 1.54) is 10.4 Å². The van der Waals surface area contributed by atoms with Gasteiger partial charge in [-0.25, -0.2) is 9.98 Å². The third kappa shape index (κ3) is 6.01. The first kappa shape index (κ1) is 24.1. The Bertz CT molecular complexity index is 923. The summed E-state index contributed by atoms with van der Waals surface area (Å²) in [6.45, 7) is 6.05. The van der Waals surface area contributed by atoms with Gasteiger partial charge in [0.25, 0.3) is 0 Å². The molecular weight excluding hydrogens is 547 g/mol. The number of hydrogen-bond donors (Lipinski definition) is 2. The molecule has 10 heteroatoms. The fourth-order valence-corrected chi connectivity index (χ4v) is 5.03. The van der Waals surface area contributed by atoms with E-state index in [2.05, 4.69) is 37.0 Å². The van der Waals surface area contributed by atoms with Crippen molar-refractivity contribution in [2.24, 2.45) is 4.99 Å². The molecule has 0 aliphatic carbocycles. The Balaban J connectivity index is 0.00000272. The van der Waals surface area contributed by atoms with Crippen LogP contribution in [0.1, 0.15) is 23.8 Å². The molecule has 2 aliphatic heterocycles. The van der Waals surface area contributed by atoms with Gasteiger partial charge >= 0.3 is 0 Å². The molecule has 2 aromatic rings. The van der Waals surface area contributed by atoms with Crippen molar-refractivity contribution in [1.29, 1.82) is 0 Å². The highest BCUT2D eigenvalue weighted by Crippen LogP contribution is 2.26. The summed E-state index contributed by atoms with van der Waals surface area (Å²) >= 11 is 8.07. The molecule has 4 rings (SSSR count). The lowest BCUT2D eigenvalue weighted by atomic mass is 10.1. The highest BCUT2D eigenvalue weighted by Gasteiger charge is 2.26. The Kier molecular flexibility index (Phi) is 8.79. The van der Waals surface area contributed by atoms with E-state index < -0.39 is 0 Å². The van der Waals surface area contributed by atoms with Crippen LogP contribution >= 0.6 is 46.9 Å². The summed E-state index contributed by atoms with van der Waals surface area (Å²) in [5, 5.41) is 9.49. The average molecular weight is 575 g/mol. The zero-order valence-corrected chi connectivity index (χ0v) is 21.4. The second kappa shape index (κ2) is 11.3. The lowest BCUT2D eigenvalue weighted by molar-refractivity contribution is -0.130. The second-order valence-electron chi connectivity index (χ2n) is 7.51. The Morgan fingerprint density at radius 2 is 2.26 bits per heavy atom. The van der Waals surface area contributed by atoms with Gasteiger partial charge in [-0.05, 0) is 48.9 Å². The summed E-state index contributed by atoms with van der Waals surface area (Å²) in [4.78, 5) is 27.1. The van der Waals surface area contributed by atoms with Crippen LogP contribution in [0.25, 0.3) is 0 Å². The minimum atomic E-state index is 0. The van der Waals surface area contributed by atoms with Crippen LogP contribution < -0.4 is 15.5 Å². The zero-order chi connectivity index (χ0) is 20.9. The molecule has 1 unspecified atom stereocenters. The van der Waals surface area contributed by atoms with Crippen molar-refractivity contribution in [1.82, 2.24) is 20.5 Å². The minimum Gasteiger partial charge on any atom is -0.357 e. The molecule has 1 saturated heterocycles. The van der Waals surface area contributed by atoms with Gasteiger partial charge in [-0.15, -0.1) is 35.3 Å². The summed E-state index contributed by atoms with van der Waals surface area (Å²) in [7, 11) is 0. The van der Waals surface area contributed by atoms with E-state index in [0.29, 0.717) is 17.5 Å². The summed E-state index contributed by atoms with van der Waals surface area (Å²) in [5.74, 6) is 1.56. The van der Waals surface area contributed by atoms with Crippen LogP contribution in [0.15, 0.2) is 34.8 Å². The molecule has 168 valence electrons. The van der Waals surface area contributed by atoms with Gasteiger partial charge < -0.3 is 20.4 Å². The molecule has 0 saturated carbocycles. The quantitative estimate of drug-likeness (QED) is 0.326. The van der Waals surface area contributed by atoms with E-state index in [-0.39, 0.29) is 42.5 Å². The monoisotopic (exact) mass is 574 g/mol. The van der Waals surface area contributed by atoms with E-state index in [9.17, 15) is 4.79 Å². The van der Waals surface area contributed by atoms with Crippen LogP contribution in [0.2, 0.25) is 5.02 Å². The maximum absolute atomic E-state index is 12.7. The summed E-state index contributed by atoms with van der Waals surface area (Å²) in [6.07, 6.45) is 3.66. The van der Waals surface area contributed by atoms with Crippen LogP contribution in [0.5, 0.6) is 0 Å². The maximum atomic E-state index is 12.7. The number of anilines is 1. The molecule has 31 heavy (non-hydrogen) atoms. The number of amides is 1. The highest BCUT2D eigenvalue weighted by atomic mass is 127. The number of aliphatic imine (C=N–C) groups is 1. The number of rotatable bonds is 5. The largest absolute Gasteiger partial charge is 0.357 e. The van der Waals surface area contributed by atoms with Gasteiger partial charge in [-0.2, -0.15) is 0 Å². The van der Waals surface area contributed by atoms with Crippen LogP contribution in [0, 0.1) is 0 Å². The highest BCUT2D eigenvalue weighted by molar-refractivity contribution is 14.0. The van der Waals surface area contributed by atoms with E-state index in [0.717, 1.165) is 44.8 Å². The lowest BCUT2D eigenvalue weighted by Gasteiger charge is -2.26. The number of halogens is 2. The first-order valence-corrected chi connectivity index (χ1v) is 11.6. The molecule has 0 bridgehead atoms. The third-order valence-corrected chi connectivity index (χ3v) is 6.76. The molecule has 1 atom stereocenters. The fraction of sp³-hybridized carbons (Fsp3) is 0.476. The molecular formula is C21H28ClIN6OS. The third-order valence-electron chi connectivity index (χ3n) is 5.44. The van der Waals surface area contributed by atoms with Gasteiger partial charge in [0, 0.05) is 49.8 Å². The van der Waals surface area contributed by atoms with Crippen molar-refractivity contribution in [2.45, 2.75) is 32.4 Å². The lowest BCUT2D eigenvalue weighted by Crippen LogP contribution is -2.45. The van der Waals surface area contributed by atoms with E-state index >= 15 is 0 Å². The van der Waals surface area contributed by atoms with Gasteiger partial charge in [0.2, 0.25) is 5.91 Å². The van der Waals surface area contributed by atoms with Crippen molar-refractivity contribution in [3.63, 3.8) is 0 Å². The first-order valence-electron chi connectivity index (χ1n) is 10.4. The summed E-state index contributed by atoms with van der Waals surface area (Å²) in [5.41, 5.74) is 1.27. The van der Waals surface area contributed by atoms with Gasteiger partial charge in [-0.1, -0.05) is 11.6 Å². The number of guanidine groups is 1. The zero-order valence-electron chi connectivity index (χ0n) is 17.5. The van der Waals surface area contributed by atoms with E-state index in [1.54, 1.807) is 17.5 Å². The second-order valence-corrected chi connectivity index (χ2v) is 8.92. The predicted octanol–water partition coefficient (Wildman–Crippen LogP) is 3.13. The predicted molar refractivity (Wildman–Crippen MR) is 138 cm³/mol. The number of aromatic nitrogens is 1. The maximum Gasteiger partial charge on any atom is 0.244 e. The standard InChI is InChI=1S/C21H27ClN6OS.HI/c1-2-23-21(25-12-19(29)27-10-6-18-15(13-27)7-11-30-18)26-16-5-9-28(14-16)20-17(22)4-3-8-24-20;/h3-4,7-8,11,16H,2,5-6,9-10,12-14H2,1H3,(H2,23,25,26);1H. The molecule has 4 heterocycles. The van der Waals surface area contributed by atoms with Crippen LogP contribution in [-0.4, -0.2) is 60.5 Å². The number of carbonyl (C=O) groups excluding carboxylic acids is 1. The number of thiophene rings is 1. The van der Waals surface area contributed by atoms with Gasteiger partial charge in [-0.3, -0.25) is 4.79 Å². The molecule has 1 fully saturated rings. The number of carbonyl (C=O) groups is 1. The van der Waals surface area contributed by atoms with Crippen molar-refractivity contribution in [2.75, 3.05) is 37.6 Å². The average Bonchev–Trinajstić information content (AvgIpc) is 3.41. The van der Waals surface area contributed by atoms with Crippen molar-refractivity contribution in [3.8, 4) is 0 Å². The Labute approximate surface area is 209 Å². The van der Waals surface area contributed by atoms with E-state index in [1.807, 2.05) is 24.0 Å². The van der Waals surface area contributed by atoms with Gasteiger partial charge in [0.1, 0.15) is 12.4 Å². The Morgan fingerprint density at radius 3 is 3.06 bits per heavy atom. The fourth-order valence-electron chi connectivity index (χ4n) is 3.90. The number of hydrogen-bond acceptors (Lipinski definition) is 5. The first-order chi connectivity index (χ1) is 14.6. The molecule has 2 aromatic heterocycles. The minimum absolute atomic E-state index is 0. The molecule has 0 spiro atoms. The molecule has 0 radical (unpaired) electrons. The van der Waals surface area contributed by atoms with Crippen molar-refractivity contribution < 1.29 is 4.79 Å². The SMILES string of the molecule is CCNC(=NCC(=O)N1CCc2sccc2C1)NC1CCN(c2ncccc2Cl)C1.I. The molecule has 2 aliphatic rings. The Hall–Kier alpha value is -1.59. The number of nitrogens with zero attached hydrogens (tertiary/aromatic N) is 4. The number of fused-ring (bicyclic) bond motifs is 1. The van der Waals surface area contributed by atoms with Crippen molar-refractivity contribution >= 4 is 64.6 Å². The summed E-state index contributed by atoms with van der Waals surface area (Å²) < 4.78 is 0. The molecule has 0 aromatic carbocycles. The molecule has 1 amide bonds. The van der Waals surface area contributed by atoms with Crippen LogP contribution in [0.3, 0.4) is 0 Å². The van der Waals surface area contributed by atoms with Gasteiger partial charge in [0.05, 0.1) is 5.02 Å². The van der Waals surface area contributed by atoms with E-state index in [4.69, 9.17) is 11.6 Å². The number of pyridine rings is 1. The smallest absolute Gasteiger partial charge is 0.244 e. The molecule has 7 nitrogen and oxygen atoms in total. The van der Waals surface area contributed by atoms with Gasteiger partial charge in [0.15, 0.2) is 5.96 Å². The van der Waals surface area contributed by atoms with Crippen LogP contribution in [0.4, 0.5) is 5.82 Å². The summed E-state index contributed by atoms with van der Waals surface area (Å²) in [6, 6.07) is 6.04.